The molecule has 0 spiro atoms. The van der Waals surface area contributed by atoms with Crippen molar-refractivity contribution >= 4 is 27.8 Å². The van der Waals surface area contributed by atoms with E-state index in [1.165, 1.54) is 38.6 Å². The normalized spacial score (nSPS) is 11.9. The number of benzene rings is 6. The van der Waals surface area contributed by atoms with Gasteiger partial charge in [0.15, 0.2) is 0 Å². The molecule has 7 aromatic rings. The largest absolute Gasteiger partial charge is 0.306 e. The summed E-state index contributed by atoms with van der Waals surface area (Å²) in [6, 6.07) is 49.7. The van der Waals surface area contributed by atoms with Gasteiger partial charge in [-0.1, -0.05) is 103 Å². The summed E-state index contributed by atoms with van der Waals surface area (Å²) in [6.07, 6.45) is 3.58. The zero-order valence-corrected chi connectivity index (χ0v) is 22.3. The van der Waals surface area contributed by atoms with Gasteiger partial charge in [0.05, 0.1) is 23.3 Å². The van der Waals surface area contributed by atoms with Gasteiger partial charge < -0.3 is 4.90 Å². The van der Waals surface area contributed by atoms with Gasteiger partial charge in [0.1, 0.15) is 6.33 Å². The van der Waals surface area contributed by atoms with Crippen LogP contribution in [0, 0.1) is 0 Å². The zero-order valence-electron chi connectivity index (χ0n) is 22.3. The van der Waals surface area contributed by atoms with Gasteiger partial charge in [0.25, 0.3) is 0 Å². The summed E-state index contributed by atoms with van der Waals surface area (Å²) >= 11 is 0. The second-order valence-corrected chi connectivity index (χ2v) is 10.4. The molecule has 41 heavy (non-hydrogen) atoms. The Morgan fingerprint density at radius 1 is 0.463 bits per heavy atom. The van der Waals surface area contributed by atoms with Crippen molar-refractivity contribution in [3.63, 3.8) is 0 Å². The standard InChI is InChI=1S/C38H25N3/c1-3-10-26(11-4-1)28-14-7-15-29(20-28)30-16-8-18-33(22-30)41-35-19-9-17-31-21-32(27-12-5-2-6-13-27)23-34(37(31)35)38-36(41)24-39-25-40-38/h1-25H. The molecule has 3 nitrogen and oxygen atoms in total. The van der Waals surface area contributed by atoms with Crippen molar-refractivity contribution in [1.29, 1.82) is 0 Å². The summed E-state index contributed by atoms with van der Waals surface area (Å²) in [5.41, 5.74) is 12.4. The second-order valence-electron chi connectivity index (χ2n) is 10.4. The number of hydrogen-bond acceptors (Lipinski definition) is 3. The monoisotopic (exact) mass is 523 g/mol. The minimum atomic E-state index is 0.943. The highest BCUT2D eigenvalue weighted by molar-refractivity contribution is 6.14. The Bertz CT molecular complexity index is 2050. The molecule has 0 unspecified atom stereocenters. The fourth-order valence-electron chi connectivity index (χ4n) is 6.01. The highest BCUT2D eigenvalue weighted by Crippen LogP contribution is 2.51. The number of fused-ring (bicyclic) bond motifs is 2. The Hall–Kier alpha value is -5.54. The first kappa shape index (κ1) is 23.4. The van der Waals surface area contributed by atoms with Crippen molar-refractivity contribution in [3.05, 3.63) is 152 Å². The average molecular weight is 524 g/mol. The van der Waals surface area contributed by atoms with Crippen LogP contribution in [0.25, 0.3) is 55.4 Å². The van der Waals surface area contributed by atoms with Gasteiger partial charge in [-0.25, -0.2) is 9.97 Å². The molecule has 0 atom stereocenters. The second kappa shape index (κ2) is 9.58. The minimum Gasteiger partial charge on any atom is -0.306 e. The van der Waals surface area contributed by atoms with Gasteiger partial charge >= 0.3 is 0 Å². The quantitative estimate of drug-likeness (QED) is 0.230. The number of nitrogens with zero attached hydrogens (tertiary/aromatic N) is 3. The Balaban J connectivity index is 1.30. The van der Waals surface area contributed by atoms with Crippen molar-refractivity contribution in [2.24, 2.45) is 0 Å². The Kier molecular flexibility index (Phi) is 5.46. The van der Waals surface area contributed by atoms with Crippen molar-refractivity contribution in [3.8, 4) is 44.6 Å². The predicted molar refractivity (Wildman–Crippen MR) is 170 cm³/mol. The summed E-state index contributed by atoms with van der Waals surface area (Å²) in [7, 11) is 0. The number of rotatable bonds is 4. The lowest BCUT2D eigenvalue weighted by molar-refractivity contribution is 1.13. The molecule has 0 bridgehead atoms. The van der Waals surface area contributed by atoms with E-state index in [0.717, 1.165) is 33.9 Å². The first-order valence-electron chi connectivity index (χ1n) is 13.8. The van der Waals surface area contributed by atoms with Crippen LogP contribution in [0.1, 0.15) is 0 Å². The van der Waals surface area contributed by atoms with Crippen LogP contribution in [0.4, 0.5) is 17.1 Å². The molecule has 0 saturated heterocycles. The molecule has 0 radical (unpaired) electrons. The smallest absolute Gasteiger partial charge is 0.116 e. The van der Waals surface area contributed by atoms with E-state index in [0.29, 0.717) is 0 Å². The molecule has 8 rings (SSSR count). The molecule has 0 N–H and O–H groups in total. The molecule has 1 aliphatic rings. The van der Waals surface area contributed by atoms with Crippen LogP contribution in [0.5, 0.6) is 0 Å². The van der Waals surface area contributed by atoms with E-state index in [9.17, 15) is 0 Å². The summed E-state index contributed by atoms with van der Waals surface area (Å²) in [5.74, 6) is 0. The van der Waals surface area contributed by atoms with E-state index in [4.69, 9.17) is 4.98 Å². The first-order valence-corrected chi connectivity index (χ1v) is 13.8. The Morgan fingerprint density at radius 3 is 1.88 bits per heavy atom. The Morgan fingerprint density at radius 2 is 1.10 bits per heavy atom. The lowest BCUT2D eigenvalue weighted by atomic mass is 9.90. The van der Waals surface area contributed by atoms with Gasteiger partial charge in [-0.15, -0.1) is 0 Å². The molecule has 0 fully saturated rings. The summed E-state index contributed by atoms with van der Waals surface area (Å²) in [6.45, 7) is 0. The zero-order chi connectivity index (χ0) is 27.2. The van der Waals surface area contributed by atoms with E-state index in [1.54, 1.807) is 6.33 Å². The van der Waals surface area contributed by atoms with Gasteiger partial charge in [0.2, 0.25) is 0 Å². The minimum absolute atomic E-state index is 0.943. The summed E-state index contributed by atoms with van der Waals surface area (Å²) in [4.78, 5) is 11.6. The number of anilines is 3. The fourth-order valence-corrected chi connectivity index (χ4v) is 6.01. The highest BCUT2D eigenvalue weighted by Gasteiger charge is 2.28. The van der Waals surface area contributed by atoms with Crippen LogP contribution < -0.4 is 4.90 Å². The molecule has 0 aliphatic carbocycles. The lowest BCUT2D eigenvalue weighted by Crippen LogP contribution is -2.16. The van der Waals surface area contributed by atoms with Gasteiger partial charge in [-0.3, -0.25) is 0 Å². The molecule has 1 aliphatic heterocycles. The maximum atomic E-state index is 4.83. The van der Waals surface area contributed by atoms with Crippen molar-refractivity contribution in [1.82, 2.24) is 9.97 Å². The molecule has 0 amide bonds. The topological polar surface area (TPSA) is 29.0 Å². The number of hydrogen-bond donors (Lipinski definition) is 0. The van der Waals surface area contributed by atoms with E-state index in [2.05, 4.69) is 149 Å². The van der Waals surface area contributed by atoms with E-state index < -0.39 is 0 Å². The molecule has 2 heterocycles. The lowest BCUT2D eigenvalue weighted by Gasteiger charge is -2.32. The Labute approximate surface area is 239 Å². The molecule has 0 saturated carbocycles. The third-order valence-corrected chi connectivity index (χ3v) is 7.90. The van der Waals surface area contributed by atoms with E-state index in [1.807, 2.05) is 6.20 Å². The third-order valence-electron chi connectivity index (χ3n) is 7.90. The molecule has 192 valence electrons. The van der Waals surface area contributed by atoms with Crippen LogP contribution in [0.3, 0.4) is 0 Å². The van der Waals surface area contributed by atoms with Crippen LogP contribution in [-0.2, 0) is 0 Å². The average Bonchev–Trinajstić information content (AvgIpc) is 3.06. The molecule has 1 aromatic heterocycles. The van der Waals surface area contributed by atoms with Crippen molar-refractivity contribution < 1.29 is 0 Å². The van der Waals surface area contributed by atoms with Crippen LogP contribution >= 0.6 is 0 Å². The van der Waals surface area contributed by atoms with Gasteiger partial charge in [-0.2, -0.15) is 0 Å². The van der Waals surface area contributed by atoms with Crippen LogP contribution in [-0.4, -0.2) is 9.97 Å². The van der Waals surface area contributed by atoms with Crippen LogP contribution in [0.2, 0.25) is 0 Å². The third kappa shape index (κ3) is 3.98. The van der Waals surface area contributed by atoms with Crippen LogP contribution in [0.15, 0.2) is 152 Å². The van der Waals surface area contributed by atoms with Crippen molar-refractivity contribution in [2.45, 2.75) is 0 Å². The number of aromatic nitrogens is 2. The van der Waals surface area contributed by atoms with Gasteiger partial charge in [0, 0.05) is 16.6 Å². The van der Waals surface area contributed by atoms with E-state index in [-0.39, 0.29) is 0 Å². The summed E-state index contributed by atoms with van der Waals surface area (Å²) < 4.78 is 0. The summed E-state index contributed by atoms with van der Waals surface area (Å²) in [5, 5.41) is 2.40. The molecule has 6 aromatic carbocycles. The molecular weight excluding hydrogens is 498 g/mol. The van der Waals surface area contributed by atoms with E-state index >= 15 is 0 Å². The van der Waals surface area contributed by atoms with Gasteiger partial charge in [-0.05, 0) is 75.2 Å². The highest BCUT2D eigenvalue weighted by atomic mass is 15.2. The molecule has 3 heteroatoms. The van der Waals surface area contributed by atoms with Crippen molar-refractivity contribution in [2.75, 3.05) is 4.90 Å². The maximum absolute atomic E-state index is 4.83. The maximum Gasteiger partial charge on any atom is 0.116 e. The molecular formula is C38H25N3. The predicted octanol–water partition coefficient (Wildman–Crippen LogP) is 10.1. The first-order chi connectivity index (χ1) is 20.3. The fraction of sp³-hybridized carbons (Fsp3) is 0. The SMILES string of the molecule is c1ccc(-c2cccc(-c3cccc(N4c5cncnc5-c5cc(-c6ccccc6)cc6cccc4c56)c3)c2)cc1.